The first kappa shape index (κ1) is 16.7. The maximum Gasteiger partial charge on any atom is 0.304 e. The predicted octanol–water partition coefficient (Wildman–Crippen LogP) is 0.875. The summed E-state index contributed by atoms with van der Waals surface area (Å²) in [5, 5.41) is 11.2. The average Bonchev–Trinajstić information content (AvgIpc) is 2.43. The van der Waals surface area contributed by atoms with Crippen molar-refractivity contribution in [3.63, 3.8) is 0 Å². The summed E-state index contributed by atoms with van der Waals surface area (Å²) in [6.07, 6.45) is -0.301. The predicted molar refractivity (Wildman–Crippen MR) is 80.3 cm³/mol. The average molecular weight is 393 g/mol. The number of carboxylic acid groups (broad SMARTS) is 1. The van der Waals surface area contributed by atoms with Gasteiger partial charge in [-0.2, -0.15) is 0 Å². The Morgan fingerprint density at radius 2 is 2.18 bits per heavy atom. The molecule has 0 aliphatic carbocycles. The lowest BCUT2D eigenvalue weighted by Gasteiger charge is -2.22. The van der Waals surface area contributed by atoms with Gasteiger partial charge in [0.15, 0.2) is 6.61 Å². The van der Waals surface area contributed by atoms with Gasteiger partial charge in [-0.3, -0.25) is 9.59 Å². The summed E-state index contributed by atoms with van der Waals surface area (Å²) in [6.45, 7) is -0.345. The molecule has 2 N–H and O–H groups in total. The Kier molecular flexibility index (Phi) is 4.73. The highest BCUT2D eigenvalue weighted by Crippen LogP contribution is 2.36. The minimum Gasteiger partial charge on any atom is -0.482 e. The highest BCUT2D eigenvalue weighted by molar-refractivity contribution is 9.10. The molecule has 120 valence electrons. The SMILES string of the molecule is CN(CCC(=O)O)S(=O)(=O)c1cc2c(cc1Br)NC(=O)CO2. The third-order valence-corrected chi connectivity index (χ3v) is 5.81. The number of anilines is 1. The molecule has 0 atom stereocenters. The van der Waals surface area contributed by atoms with Gasteiger partial charge in [0.05, 0.1) is 12.1 Å². The molecule has 1 aliphatic heterocycles. The van der Waals surface area contributed by atoms with Crippen LogP contribution in [0.1, 0.15) is 6.42 Å². The number of sulfonamides is 1. The fraction of sp³-hybridized carbons (Fsp3) is 0.333. The number of carbonyl (C=O) groups excluding carboxylic acids is 1. The number of fused-ring (bicyclic) bond motifs is 1. The first-order valence-electron chi connectivity index (χ1n) is 6.16. The molecule has 22 heavy (non-hydrogen) atoms. The molecular weight excluding hydrogens is 380 g/mol. The van der Waals surface area contributed by atoms with Crippen molar-refractivity contribution in [2.45, 2.75) is 11.3 Å². The van der Waals surface area contributed by atoms with Gasteiger partial charge in [0.1, 0.15) is 10.6 Å². The second-order valence-corrected chi connectivity index (χ2v) is 7.45. The molecule has 8 nitrogen and oxygen atoms in total. The van der Waals surface area contributed by atoms with Crippen LogP contribution in [0.25, 0.3) is 0 Å². The van der Waals surface area contributed by atoms with Gasteiger partial charge in [-0.1, -0.05) is 0 Å². The van der Waals surface area contributed by atoms with Crippen LogP contribution in [0.15, 0.2) is 21.5 Å². The van der Waals surface area contributed by atoms with E-state index in [4.69, 9.17) is 9.84 Å². The maximum absolute atomic E-state index is 12.5. The number of benzene rings is 1. The van der Waals surface area contributed by atoms with Crippen LogP contribution < -0.4 is 10.1 Å². The second-order valence-electron chi connectivity index (χ2n) is 4.59. The fourth-order valence-corrected chi connectivity index (χ4v) is 4.01. The van der Waals surface area contributed by atoms with E-state index in [-0.39, 0.29) is 40.6 Å². The van der Waals surface area contributed by atoms with Crippen molar-refractivity contribution in [1.82, 2.24) is 4.31 Å². The molecule has 0 saturated carbocycles. The Balaban J connectivity index is 2.35. The summed E-state index contributed by atoms with van der Waals surface area (Å²) in [5.74, 6) is -1.17. The van der Waals surface area contributed by atoms with Gasteiger partial charge in [0, 0.05) is 24.1 Å². The van der Waals surface area contributed by atoms with Gasteiger partial charge in [0.2, 0.25) is 10.0 Å². The summed E-state index contributed by atoms with van der Waals surface area (Å²) < 4.78 is 31.3. The molecule has 2 rings (SSSR count). The third-order valence-electron chi connectivity index (χ3n) is 3.00. The van der Waals surface area contributed by atoms with Crippen molar-refractivity contribution in [1.29, 1.82) is 0 Å². The van der Waals surface area contributed by atoms with Crippen molar-refractivity contribution in [2.75, 3.05) is 25.5 Å². The molecule has 0 saturated heterocycles. The zero-order valence-electron chi connectivity index (χ0n) is 11.5. The number of amides is 1. The van der Waals surface area contributed by atoms with E-state index in [2.05, 4.69) is 21.2 Å². The van der Waals surface area contributed by atoms with Crippen LogP contribution in [0.5, 0.6) is 5.75 Å². The number of carbonyl (C=O) groups is 2. The second kappa shape index (κ2) is 6.23. The molecule has 1 aromatic carbocycles. The quantitative estimate of drug-likeness (QED) is 0.768. The van der Waals surface area contributed by atoms with E-state index in [9.17, 15) is 18.0 Å². The van der Waals surface area contributed by atoms with E-state index >= 15 is 0 Å². The van der Waals surface area contributed by atoms with Gasteiger partial charge in [-0.15, -0.1) is 0 Å². The first-order chi connectivity index (χ1) is 10.2. The lowest BCUT2D eigenvalue weighted by Crippen LogP contribution is -2.30. The minimum atomic E-state index is -3.88. The van der Waals surface area contributed by atoms with Crippen molar-refractivity contribution < 1.29 is 27.9 Å². The summed E-state index contributed by atoms with van der Waals surface area (Å²) in [4.78, 5) is 21.7. The zero-order valence-corrected chi connectivity index (χ0v) is 13.9. The van der Waals surface area contributed by atoms with Gasteiger partial charge < -0.3 is 15.2 Å². The van der Waals surface area contributed by atoms with Gasteiger partial charge in [-0.25, -0.2) is 12.7 Å². The Labute approximate surface area is 135 Å². The lowest BCUT2D eigenvalue weighted by molar-refractivity contribution is -0.137. The van der Waals surface area contributed by atoms with Gasteiger partial charge in [-0.05, 0) is 22.0 Å². The Morgan fingerprint density at radius 1 is 1.50 bits per heavy atom. The Morgan fingerprint density at radius 3 is 2.82 bits per heavy atom. The molecule has 1 heterocycles. The largest absolute Gasteiger partial charge is 0.482 e. The van der Waals surface area contributed by atoms with Gasteiger partial charge >= 0.3 is 5.97 Å². The molecule has 0 aromatic heterocycles. The highest BCUT2D eigenvalue weighted by atomic mass is 79.9. The Hall–Kier alpha value is -1.65. The van der Waals surface area contributed by atoms with Crippen LogP contribution in [-0.2, 0) is 19.6 Å². The number of nitrogens with one attached hydrogen (secondary N) is 1. The number of ether oxygens (including phenoxy) is 1. The number of nitrogens with zero attached hydrogens (tertiary/aromatic N) is 1. The molecule has 0 bridgehead atoms. The number of hydrogen-bond acceptors (Lipinski definition) is 5. The fourth-order valence-electron chi connectivity index (χ4n) is 1.82. The van der Waals surface area contributed by atoms with Crippen LogP contribution in [0, 0.1) is 0 Å². The maximum atomic E-state index is 12.5. The highest BCUT2D eigenvalue weighted by Gasteiger charge is 2.27. The zero-order chi connectivity index (χ0) is 16.5. The third kappa shape index (κ3) is 3.39. The summed E-state index contributed by atoms with van der Waals surface area (Å²) in [7, 11) is -2.58. The van der Waals surface area contributed by atoms with E-state index in [0.29, 0.717) is 5.69 Å². The van der Waals surface area contributed by atoms with E-state index in [1.807, 2.05) is 0 Å². The van der Waals surface area contributed by atoms with E-state index in [1.165, 1.54) is 19.2 Å². The van der Waals surface area contributed by atoms with Crippen LogP contribution in [0.2, 0.25) is 0 Å². The standard InChI is InChI=1S/C12H13BrN2O6S/c1-15(3-2-12(17)18)22(19,20)10-5-9-8(4-7(10)13)14-11(16)6-21-9/h4-5H,2-3,6H2,1H3,(H,14,16)(H,17,18). The van der Waals surface area contributed by atoms with Crippen molar-refractivity contribution >= 4 is 43.5 Å². The van der Waals surface area contributed by atoms with Crippen LogP contribution in [-0.4, -0.2) is 49.9 Å². The molecule has 1 amide bonds. The number of halogens is 1. The molecule has 0 spiro atoms. The van der Waals surface area contributed by atoms with Crippen molar-refractivity contribution in [3.8, 4) is 5.75 Å². The molecule has 0 radical (unpaired) electrons. The number of hydrogen-bond donors (Lipinski definition) is 2. The number of aliphatic carboxylic acids is 1. The Bertz CT molecular complexity index is 733. The number of rotatable bonds is 5. The minimum absolute atomic E-state index is 0.0599. The summed E-state index contributed by atoms with van der Waals surface area (Å²) in [5.41, 5.74) is 0.371. The normalized spacial score (nSPS) is 14.2. The molecule has 0 unspecified atom stereocenters. The van der Waals surface area contributed by atoms with E-state index < -0.39 is 16.0 Å². The van der Waals surface area contributed by atoms with Crippen LogP contribution in [0.3, 0.4) is 0 Å². The van der Waals surface area contributed by atoms with Crippen LogP contribution in [0.4, 0.5) is 5.69 Å². The first-order valence-corrected chi connectivity index (χ1v) is 8.39. The van der Waals surface area contributed by atoms with Crippen molar-refractivity contribution in [2.24, 2.45) is 0 Å². The summed E-state index contributed by atoms with van der Waals surface area (Å²) in [6, 6.07) is 2.73. The summed E-state index contributed by atoms with van der Waals surface area (Å²) >= 11 is 3.15. The molecule has 1 aliphatic rings. The number of carboxylic acids is 1. The molecule has 10 heteroatoms. The van der Waals surface area contributed by atoms with Crippen LogP contribution >= 0.6 is 15.9 Å². The van der Waals surface area contributed by atoms with Crippen molar-refractivity contribution in [3.05, 3.63) is 16.6 Å². The smallest absolute Gasteiger partial charge is 0.304 e. The molecular formula is C12H13BrN2O6S. The van der Waals surface area contributed by atoms with E-state index in [1.54, 1.807) is 0 Å². The monoisotopic (exact) mass is 392 g/mol. The lowest BCUT2D eigenvalue weighted by atomic mass is 10.2. The topological polar surface area (TPSA) is 113 Å². The molecule has 1 aromatic rings. The molecule has 0 fully saturated rings. The van der Waals surface area contributed by atoms with E-state index in [0.717, 1.165) is 4.31 Å². The van der Waals surface area contributed by atoms with Gasteiger partial charge in [0.25, 0.3) is 5.91 Å².